The standard InChI is InChI=1S/C18H22N2O6S/c21-17(19-24)9-3-1-2-8-16(18(22)23)20-27(25,26)15-11-10-13-6-4-5-7-14(13)12-15/h4-7,10-12,16,20,24H,1-3,8-9H2,(H,19,21)(H,22,23)/t16-/m0/s1. The number of benzene rings is 2. The number of carbonyl (C=O) groups excluding carboxylic acids is 1. The van der Waals surface area contributed by atoms with Crippen molar-refractivity contribution >= 4 is 32.7 Å². The molecule has 0 saturated heterocycles. The first-order valence-electron chi connectivity index (χ1n) is 8.50. The number of unbranched alkanes of at least 4 members (excludes halogenated alkanes) is 2. The molecule has 2 aromatic carbocycles. The molecule has 0 aliphatic carbocycles. The zero-order chi connectivity index (χ0) is 19.9. The van der Waals surface area contributed by atoms with Gasteiger partial charge in [-0.2, -0.15) is 4.72 Å². The van der Waals surface area contributed by atoms with Crippen molar-refractivity contribution in [2.45, 2.75) is 43.0 Å². The van der Waals surface area contributed by atoms with E-state index in [1.54, 1.807) is 18.2 Å². The first-order chi connectivity index (χ1) is 12.8. The number of hydrogen-bond acceptors (Lipinski definition) is 5. The lowest BCUT2D eigenvalue weighted by molar-refractivity contribution is -0.139. The highest BCUT2D eigenvalue weighted by Gasteiger charge is 2.25. The van der Waals surface area contributed by atoms with Crippen LogP contribution in [0.25, 0.3) is 10.8 Å². The number of nitrogens with one attached hydrogen (secondary N) is 2. The summed E-state index contributed by atoms with van der Waals surface area (Å²) in [5.41, 5.74) is 1.52. The topological polar surface area (TPSA) is 133 Å². The second kappa shape index (κ2) is 9.45. The van der Waals surface area contributed by atoms with E-state index >= 15 is 0 Å². The fraction of sp³-hybridized carbons (Fsp3) is 0.333. The Hall–Kier alpha value is -2.49. The van der Waals surface area contributed by atoms with E-state index in [1.807, 2.05) is 12.1 Å². The number of fused-ring (bicyclic) bond motifs is 1. The molecule has 0 heterocycles. The van der Waals surface area contributed by atoms with Crippen molar-refractivity contribution in [1.82, 2.24) is 10.2 Å². The summed E-state index contributed by atoms with van der Waals surface area (Å²) in [6.45, 7) is 0. The Morgan fingerprint density at radius 2 is 1.70 bits per heavy atom. The van der Waals surface area contributed by atoms with Crippen molar-refractivity contribution < 1.29 is 28.3 Å². The molecule has 27 heavy (non-hydrogen) atoms. The maximum absolute atomic E-state index is 12.6. The van der Waals surface area contributed by atoms with Crippen LogP contribution in [-0.4, -0.2) is 36.6 Å². The number of hydroxylamine groups is 1. The maximum atomic E-state index is 12.6. The average Bonchev–Trinajstić information content (AvgIpc) is 2.65. The highest BCUT2D eigenvalue weighted by Crippen LogP contribution is 2.19. The van der Waals surface area contributed by atoms with E-state index in [1.165, 1.54) is 17.6 Å². The van der Waals surface area contributed by atoms with Gasteiger partial charge in [-0.05, 0) is 35.7 Å². The predicted molar refractivity (Wildman–Crippen MR) is 98.7 cm³/mol. The van der Waals surface area contributed by atoms with Crippen molar-refractivity contribution in [1.29, 1.82) is 0 Å². The van der Waals surface area contributed by atoms with Gasteiger partial charge in [0.25, 0.3) is 0 Å². The lowest BCUT2D eigenvalue weighted by atomic mass is 10.1. The minimum atomic E-state index is -3.98. The largest absolute Gasteiger partial charge is 0.480 e. The fourth-order valence-electron chi connectivity index (χ4n) is 2.69. The van der Waals surface area contributed by atoms with Gasteiger partial charge < -0.3 is 5.11 Å². The summed E-state index contributed by atoms with van der Waals surface area (Å²) in [5.74, 6) is -1.77. The third kappa shape index (κ3) is 6.02. The average molecular weight is 394 g/mol. The number of rotatable bonds is 10. The highest BCUT2D eigenvalue weighted by molar-refractivity contribution is 7.89. The van der Waals surface area contributed by atoms with E-state index in [0.717, 1.165) is 10.8 Å². The van der Waals surface area contributed by atoms with Crippen molar-refractivity contribution in [2.75, 3.05) is 0 Å². The summed E-state index contributed by atoms with van der Waals surface area (Å²) < 4.78 is 27.3. The molecular weight excluding hydrogens is 372 g/mol. The first kappa shape index (κ1) is 20.8. The smallest absolute Gasteiger partial charge is 0.321 e. The van der Waals surface area contributed by atoms with Gasteiger partial charge in [0.1, 0.15) is 6.04 Å². The van der Waals surface area contributed by atoms with Gasteiger partial charge in [0.15, 0.2) is 0 Å². The van der Waals surface area contributed by atoms with E-state index in [4.69, 9.17) is 5.21 Å². The van der Waals surface area contributed by atoms with Crippen molar-refractivity contribution in [3.8, 4) is 0 Å². The van der Waals surface area contributed by atoms with E-state index in [2.05, 4.69) is 4.72 Å². The van der Waals surface area contributed by atoms with Crippen LogP contribution in [0.1, 0.15) is 32.1 Å². The monoisotopic (exact) mass is 394 g/mol. The summed E-state index contributed by atoms with van der Waals surface area (Å²) >= 11 is 0. The zero-order valence-electron chi connectivity index (χ0n) is 14.6. The Morgan fingerprint density at radius 1 is 1.00 bits per heavy atom. The molecule has 9 heteroatoms. The van der Waals surface area contributed by atoms with Gasteiger partial charge in [-0.1, -0.05) is 43.2 Å². The van der Waals surface area contributed by atoms with Gasteiger partial charge >= 0.3 is 5.97 Å². The second-order valence-electron chi connectivity index (χ2n) is 6.16. The lowest BCUT2D eigenvalue weighted by Crippen LogP contribution is -2.40. The number of sulfonamides is 1. The molecule has 0 saturated carbocycles. The molecule has 4 N–H and O–H groups in total. The number of carboxylic acid groups (broad SMARTS) is 1. The minimum absolute atomic E-state index is 0.00654. The fourth-order valence-corrected chi connectivity index (χ4v) is 3.95. The molecule has 2 aromatic rings. The molecule has 0 radical (unpaired) electrons. The minimum Gasteiger partial charge on any atom is -0.480 e. The molecule has 0 fully saturated rings. The molecule has 0 spiro atoms. The molecular formula is C18H22N2O6S. The summed E-state index contributed by atoms with van der Waals surface area (Å²) in [5, 5.41) is 19.3. The maximum Gasteiger partial charge on any atom is 0.321 e. The van der Waals surface area contributed by atoms with Gasteiger partial charge in [0.2, 0.25) is 15.9 Å². The summed E-state index contributed by atoms with van der Waals surface area (Å²) in [4.78, 5) is 22.3. The van der Waals surface area contributed by atoms with Crippen LogP contribution >= 0.6 is 0 Å². The molecule has 0 aromatic heterocycles. The molecule has 1 amide bonds. The molecule has 0 unspecified atom stereocenters. The molecule has 2 rings (SSSR count). The normalized spacial score (nSPS) is 12.6. The SMILES string of the molecule is O=C(CCCCC[C@H](NS(=O)(=O)c1ccc2ccccc2c1)C(=O)O)NO. The molecule has 1 atom stereocenters. The number of amides is 1. The van der Waals surface area contributed by atoms with Gasteiger partial charge in [0.05, 0.1) is 4.90 Å². The lowest BCUT2D eigenvalue weighted by Gasteiger charge is -2.15. The van der Waals surface area contributed by atoms with Crippen LogP contribution in [0.5, 0.6) is 0 Å². The highest BCUT2D eigenvalue weighted by atomic mass is 32.2. The third-order valence-electron chi connectivity index (χ3n) is 4.15. The van der Waals surface area contributed by atoms with Crippen molar-refractivity contribution in [2.24, 2.45) is 0 Å². The quantitative estimate of drug-likeness (QED) is 0.277. The van der Waals surface area contributed by atoms with E-state index in [-0.39, 0.29) is 17.7 Å². The van der Waals surface area contributed by atoms with Crippen molar-refractivity contribution in [3.63, 3.8) is 0 Å². The molecule has 0 bridgehead atoms. The molecule has 8 nitrogen and oxygen atoms in total. The zero-order valence-corrected chi connectivity index (χ0v) is 15.4. The number of hydrogen-bond donors (Lipinski definition) is 4. The first-order valence-corrected chi connectivity index (χ1v) is 9.98. The Balaban J connectivity index is 2.00. The summed E-state index contributed by atoms with van der Waals surface area (Å²) in [6, 6.07) is 10.6. The Kier molecular flexibility index (Phi) is 7.28. The van der Waals surface area contributed by atoms with E-state index < -0.39 is 27.9 Å². The molecule has 0 aliphatic heterocycles. The summed E-state index contributed by atoms with van der Waals surface area (Å²) in [7, 11) is -3.98. The van der Waals surface area contributed by atoms with Gasteiger partial charge in [-0.25, -0.2) is 13.9 Å². The van der Waals surface area contributed by atoms with Crippen LogP contribution in [-0.2, 0) is 19.6 Å². The third-order valence-corrected chi connectivity index (χ3v) is 5.62. The Morgan fingerprint density at radius 3 is 2.37 bits per heavy atom. The van der Waals surface area contributed by atoms with Crippen LogP contribution in [0.15, 0.2) is 47.4 Å². The number of carbonyl (C=O) groups is 2. The molecule has 0 aliphatic rings. The van der Waals surface area contributed by atoms with Gasteiger partial charge in [0, 0.05) is 6.42 Å². The number of carboxylic acids is 1. The predicted octanol–water partition coefficient (Wildman–Crippen LogP) is 2.03. The Bertz CT molecular complexity index is 913. The Labute approximate surface area is 157 Å². The van der Waals surface area contributed by atoms with Crippen LogP contribution in [0, 0.1) is 0 Å². The van der Waals surface area contributed by atoms with Crippen LogP contribution in [0.2, 0.25) is 0 Å². The molecule has 146 valence electrons. The second-order valence-corrected chi connectivity index (χ2v) is 7.87. The van der Waals surface area contributed by atoms with Gasteiger partial charge in [-0.15, -0.1) is 0 Å². The summed E-state index contributed by atoms with van der Waals surface area (Å²) in [6.07, 6.45) is 1.65. The van der Waals surface area contributed by atoms with Crippen LogP contribution in [0.3, 0.4) is 0 Å². The van der Waals surface area contributed by atoms with Gasteiger partial charge in [-0.3, -0.25) is 14.8 Å². The van der Waals surface area contributed by atoms with E-state index in [0.29, 0.717) is 19.3 Å². The number of aliphatic carboxylic acids is 1. The van der Waals surface area contributed by atoms with E-state index in [9.17, 15) is 23.1 Å². The van der Waals surface area contributed by atoms with Crippen LogP contribution in [0.4, 0.5) is 0 Å². The van der Waals surface area contributed by atoms with Crippen molar-refractivity contribution in [3.05, 3.63) is 42.5 Å². The van der Waals surface area contributed by atoms with Crippen LogP contribution < -0.4 is 10.2 Å².